The lowest BCUT2D eigenvalue weighted by Crippen LogP contribution is -2.55. The maximum Gasteiger partial charge on any atom is 0.266 e. The lowest BCUT2D eigenvalue weighted by molar-refractivity contribution is -0.0201. The Morgan fingerprint density at radius 2 is 2.11 bits per heavy atom. The van der Waals surface area contributed by atoms with Gasteiger partial charge in [0.25, 0.3) is 5.56 Å². The highest BCUT2D eigenvalue weighted by Gasteiger charge is 2.33. The van der Waals surface area contributed by atoms with Gasteiger partial charge in [-0.25, -0.2) is 4.68 Å². The minimum Gasteiger partial charge on any atom is -0.381 e. The van der Waals surface area contributed by atoms with Crippen molar-refractivity contribution in [1.82, 2.24) is 14.7 Å². The van der Waals surface area contributed by atoms with Gasteiger partial charge in [-0.3, -0.25) is 9.69 Å². The second-order valence-corrected chi connectivity index (χ2v) is 5.21. The van der Waals surface area contributed by atoms with Crippen molar-refractivity contribution in [1.29, 1.82) is 0 Å². The highest BCUT2D eigenvalue weighted by Crippen LogP contribution is 2.24. The van der Waals surface area contributed by atoms with Crippen molar-refractivity contribution < 1.29 is 4.74 Å². The first-order chi connectivity index (χ1) is 8.83. The zero-order valence-corrected chi connectivity index (χ0v) is 10.5. The Hall–Kier alpha value is -1.20. The normalized spacial score (nSPS) is 22.9. The molecule has 0 atom stereocenters. The fourth-order valence-corrected chi connectivity index (χ4v) is 2.84. The maximum atomic E-state index is 11.5. The van der Waals surface area contributed by atoms with E-state index in [-0.39, 0.29) is 5.56 Å². The number of hydrogen-bond donors (Lipinski definition) is 0. The van der Waals surface area contributed by atoms with Crippen LogP contribution in [0.2, 0.25) is 0 Å². The molecule has 0 aromatic carbocycles. The van der Waals surface area contributed by atoms with Crippen LogP contribution in [0.4, 0.5) is 0 Å². The van der Waals surface area contributed by atoms with Gasteiger partial charge in [0.05, 0.1) is 6.54 Å². The Kier molecular flexibility index (Phi) is 3.43. The Morgan fingerprint density at radius 3 is 2.83 bits per heavy atom. The van der Waals surface area contributed by atoms with Crippen LogP contribution < -0.4 is 5.56 Å². The Labute approximate surface area is 106 Å². The lowest BCUT2D eigenvalue weighted by Gasteiger charge is -2.45. The summed E-state index contributed by atoms with van der Waals surface area (Å²) in [6.07, 6.45) is 3.98. The van der Waals surface area contributed by atoms with E-state index in [1.165, 1.54) is 0 Å². The van der Waals surface area contributed by atoms with E-state index < -0.39 is 0 Å². The summed E-state index contributed by atoms with van der Waals surface area (Å²) < 4.78 is 6.95. The van der Waals surface area contributed by atoms with Crippen LogP contribution in [-0.2, 0) is 11.3 Å². The molecular weight excluding hydrogens is 230 g/mol. The zero-order chi connectivity index (χ0) is 12.4. The molecule has 2 fully saturated rings. The van der Waals surface area contributed by atoms with Crippen LogP contribution in [0.1, 0.15) is 12.8 Å². The van der Waals surface area contributed by atoms with Gasteiger partial charge < -0.3 is 4.74 Å². The van der Waals surface area contributed by atoms with Gasteiger partial charge in [-0.1, -0.05) is 0 Å². The SMILES string of the molecule is O=c1cccnn1CC1CN(C2CCOCC2)C1. The van der Waals surface area contributed by atoms with Crippen molar-refractivity contribution in [3.8, 4) is 0 Å². The molecule has 0 aliphatic carbocycles. The Bertz CT molecular complexity index is 448. The van der Waals surface area contributed by atoms with Crippen LogP contribution >= 0.6 is 0 Å². The predicted molar refractivity (Wildman–Crippen MR) is 67.4 cm³/mol. The van der Waals surface area contributed by atoms with Gasteiger partial charge >= 0.3 is 0 Å². The summed E-state index contributed by atoms with van der Waals surface area (Å²) in [5.41, 5.74) is 0.00187. The number of rotatable bonds is 3. The minimum absolute atomic E-state index is 0.00187. The quantitative estimate of drug-likeness (QED) is 0.776. The summed E-state index contributed by atoms with van der Waals surface area (Å²) in [7, 11) is 0. The van der Waals surface area contributed by atoms with Crippen LogP contribution in [-0.4, -0.2) is 47.0 Å². The fourth-order valence-electron chi connectivity index (χ4n) is 2.84. The third-order valence-corrected chi connectivity index (χ3v) is 3.91. The molecule has 2 aliphatic rings. The topological polar surface area (TPSA) is 47.4 Å². The van der Waals surface area contributed by atoms with Crippen LogP contribution in [0.15, 0.2) is 23.1 Å². The maximum absolute atomic E-state index is 11.5. The van der Waals surface area contributed by atoms with Crippen LogP contribution in [0.3, 0.4) is 0 Å². The summed E-state index contributed by atoms with van der Waals surface area (Å²) in [6.45, 7) is 4.72. The van der Waals surface area contributed by atoms with Gasteiger partial charge in [0.15, 0.2) is 0 Å². The molecule has 0 radical (unpaired) electrons. The van der Waals surface area contributed by atoms with E-state index in [0.717, 1.165) is 45.7 Å². The molecule has 1 aromatic heterocycles. The zero-order valence-electron chi connectivity index (χ0n) is 10.5. The first-order valence-electron chi connectivity index (χ1n) is 6.67. The molecule has 0 spiro atoms. The number of nitrogens with zero attached hydrogens (tertiary/aromatic N) is 3. The van der Waals surface area contributed by atoms with Crippen molar-refractivity contribution in [2.75, 3.05) is 26.3 Å². The van der Waals surface area contributed by atoms with E-state index in [1.54, 1.807) is 23.0 Å². The van der Waals surface area contributed by atoms with Crippen molar-refractivity contribution in [3.05, 3.63) is 28.7 Å². The van der Waals surface area contributed by atoms with Gasteiger partial charge in [-0.15, -0.1) is 0 Å². The summed E-state index contributed by atoms with van der Waals surface area (Å²) in [5.74, 6) is 0.570. The molecule has 5 nitrogen and oxygen atoms in total. The molecule has 0 saturated carbocycles. The number of ether oxygens (including phenoxy) is 1. The van der Waals surface area contributed by atoms with Gasteiger partial charge in [-0.05, 0) is 18.9 Å². The third-order valence-electron chi connectivity index (χ3n) is 3.91. The first kappa shape index (κ1) is 11.9. The molecule has 18 heavy (non-hydrogen) atoms. The summed E-state index contributed by atoms with van der Waals surface area (Å²) in [4.78, 5) is 14.1. The second-order valence-electron chi connectivity index (χ2n) is 5.21. The number of aromatic nitrogens is 2. The molecule has 3 rings (SSSR count). The largest absolute Gasteiger partial charge is 0.381 e. The molecule has 0 bridgehead atoms. The second kappa shape index (κ2) is 5.20. The van der Waals surface area contributed by atoms with E-state index >= 15 is 0 Å². The molecule has 5 heteroatoms. The van der Waals surface area contributed by atoms with Crippen molar-refractivity contribution in [3.63, 3.8) is 0 Å². The van der Waals surface area contributed by atoms with Crippen LogP contribution in [0.5, 0.6) is 0 Å². The fraction of sp³-hybridized carbons (Fsp3) is 0.692. The Balaban J connectivity index is 1.50. The number of hydrogen-bond acceptors (Lipinski definition) is 4. The molecule has 1 aromatic rings. The van der Waals surface area contributed by atoms with Gasteiger partial charge in [0, 0.05) is 50.5 Å². The summed E-state index contributed by atoms with van der Waals surface area (Å²) in [6, 6.07) is 3.95. The van der Waals surface area contributed by atoms with Crippen LogP contribution in [0.25, 0.3) is 0 Å². The van der Waals surface area contributed by atoms with Crippen molar-refractivity contribution >= 4 is 0 Å². The molecule has 3 heterocycles. The molecule has 0 N–H and O–H groups in total. The van der Waals surface area contributed by atoms with Crippen molar-refractivity contribution in [2.24, 2.45) is 5.92 Å². The molecule has 2 saturated heterocycles. The highest BCUT2D eigenvalue weighted by atomic mass is 16.5. The number of likely N-dealkylation sites (tertiary alicyclic amines) is 1. The molecule has 0 amide bonds. The minimum atomic E-state index is 0.00187. The monoisotopic (exact) mass is 249 g/mol. The molecule has 0 unspecified atom stereocenters. The van der Waals surface area contributed by atoms with Gasteiger partial charge in [0.2, 0.25) is 0 Å². The first-order valence-corrected chi connectivity index (χ1v) is 6.67. The van der Waals surface area contributed by atoms with Gasteiger partial charge in [0.1, 0.15) is 0 Å². The van der Waals surface area contributed by atoms with E-state index in [4.69, 9.17) is 4.74 Å². The van der Waals surface area contributed by atoms with E-state index in [2.05, 4.69) is 10.00 Å². The smallest absolute Gasteiger partial charge is 0.266 e. The average molecular weight is 249 g/mol. The highest BCUT2D eigenvalue weighted by molar-refractivity contribution is 4.89. The van der Waals surface area contributed by atoms with Crippen LogP contribution in [0, 0.1) is 5.92 Å². The van der Waals surface area contributed by atoms with E-state index in [1.807, 2.05) is 0 Å². The predicted octanol–water partition coefficient (Wildman–Crippen LogP) is 0.354. The summed E-state index contributed by atoms with van der Waals surface area (Å²) in [5, 5.41) is 4.10. The van der Waals surface area contributed by atoms with Gasteiger partial charge in [-0.2, -0.15) is 5.10 Å². The Morgan fingerprint density at radius 1 is 1.33 bits per heavy atom. The van der Waals surface area contributed by atoms with E-state index in [9.17, 15) is 4.79 Å². The molecular formula is C13H19N3O2. The third kappa shape index (κ3) is 2.47. The standard InChI is InChI=1S/C13H19N3O2/c17-13-2-1-5-14-16(13)10-11-8-15(9-11)12-3-6-18-7-4-12/h1-2,5,11-12H,3-4,6-10H2. The lowest BCUT2D eigenvalue weighted by atomic mass is 9.94. The molecule has 2 aliphatic heterocycles. The van der Waals surface area contributed by atoms with Crippen molar-refractivity contribution in [2.45, 2.75) is 25.4 Å². The average Bonchev–Trinajstić information content (AvgIpc) is 2.36. The van der Waals surface area contributed by atoms with E-state index in [0.29, 0.717) is 12.0 Å². The summed E-state index contributed by atoms with van der Waals surface area (Å²) >= 11 is 0. The molecule has 98 valence electrons.